The first-order valence-electron chi connectivity index (χ1n) is 6.35. The van der Waals surface area contributed by atoms with Crippen molar-refractivity contribution in [2.75, 3.05) is 13.2 Å². The SMILES string of the molecule is O=C(CC1CCOCC1)c1ccc(Br)cc1C(F)(F)F. The first-order chi connectivity index (χ1) is 9.38. The van der Waals surface area contributed by atoms with Gasteiger partial charge in [0.15, 0.2) is 5.78 Å². The number of carbonyl (C=O) groups excluding carboxylic acids is 1. The summed E-state index contributed by atoms with van der Waals surface area (Å²) < 4.78 is 44.4. The molecule has 1 fully saturated rings. The fourth-order valence-electron chi connectivity index (χ4n) is 2.32. The van der Waals surface area contributed by atoms with E-state index < -0.39 is 17.5 Å². The van der Waals surface area contributed by atoms with Crippen LogP contribution in [0.4, 0.5) is 13.2 Å². The van der Waals surface area contributed by atoms with E-state index in [1.807, 2.05) is 0 Å². The third kappa shape index (κ3) is 3.82. The zero-order valence-corrected chi connectivity index (χ0v) is 12.3. The van der Waals surface area contributed by atoms with Crippen LogP contribution >= 0.6 is 15.9 Å². The Morgan fingerprint density at radius 2 is 1.95 bits per heavy atom. The van der Waals surface area contributed by atoms with Crippen LogP contribution in [0.15, 0.2) is 22.7 Å². The van der Waals surface area contributed by atoms with E-state index in [2.05, 4.69) is 15.9 Å². The van der Waals surface area contributed by atoms with Gasteiger partial charge >= 0.3 is 6.18 Å². The molecule has 0 saturated carbocycles. The monoisotopic (exact) mass is 350 g/mol. The van der Waals surface area contributed by atoms with Gasteiger partial charge < -0.3 is 4.74 Å². The fourth-order valence-corrected chi connectivity index (χ4v) is 2.68. The van der Waals surface area contributed by atoms with E-state index in [0.717, 1.165) is 18.9 Å². The average Bonchev–Trinajstić information content (AvgIpc) is 2.38. The molecule has 1 aromatic rings. The molecule has 1 aromatic carbocycles. The van der Waals surface area contributed by atoms with E-state index >= 15 is 0 Å². The summed E-state index contributed by atoms with van der Waals surface area (Å²) in [5, 5.41) is 0. The Balaban J connectivity index is 2.20. The van der Waals surface area contributed by atoms with Gasteiger partial charge in [-0.1, -0.05) is 15.9 Å². The van der Waals surface area contributed by atoms with Crippen molar-refractivity contribution >= 4 is 21.7 Å². The molecule has 20 heavy (non-hydrogen) atoms. The minimum atomic E-state index is -4.52. The van der Waals surface area contributed by atoms with Crippen molar-refractivity contribution in [3.63, 3.8) is 0 Å². The van der Waals surface area contributed by atoms with Gasteiger partial charge in [-0.25, -0.2) is 0 Å². The van der Waals surface area contributed by atoms with Gasteiger partial charge in [0.2, 0.25) is 0 Å². The highest BCUT2D eigenvalue weighted by Gasteiger charge is 2.35. The lowest BCUT2D eigenvalue weighted by molar-refractivity contribution is -0.138. The number of hydrogen-bond acceptors (Lipinski definition) is 2. The predicted octanol–water partition coefficient (Wildman–Crippen LogP) is 4.47. The lowest BCUT2D eigenvalue weighted by atomic mass is 9.90. The van der Waals surface area contributed by atoms with Crippen LogP contribution in [0.5, 0.6) is 0 Å². The van der Waals surface area contributed by atoms with Crippen molar-refractivity contribution in [2.24, 2.45) is 5.92 Å². The highest BCUT2D eigenvalue weighted by Crippen LogP contribution is 2.35. The molecule has 2 rings (SSSR count). The molecule has 0 bridgehead atoms. The van der Waals surface area contributed by atoms with Gasteiger partial charge in [-0.2, -0.15) is 13.2 Å². The Kier molecular flexibility index (Phi) is 4.86. The van der Waals surface area contributed by atoms with Crippen molar-refractivity contribution in [1.82, 2.24) is 0 Å². The summed E-state index contributed by atoms with van der Waals surface area (Å²) in [5.41, 5.74) is -1.11. The standard InChI is InChI=1S/C14H14BrF3O2/c15-10-1-2-11(12(8-10)14(16,17)18)13(19)7-9-3-5-20-6-4-9/h1-2,8-9H,3-7H2. The zero-order valence-electron chi connectivity index (χ0n) is 10.7. The van der Waals surface area contributed by atoms with E-state index in [4.69, 9.17) is 4.74 Å². The first kappa shape index (κ1) is 15.5. The van der Waals surface area contributed by atoms with Crippen LogP contribution in [0.25, 0.3) is 0 Å². The Bertz CT molecular complexity index is 494. The van der Waals surface area contributed by atoms with E-state index in [1.165, 1.54) is 12.1 Å². The van der Waals surface area contributed by atoms with Gasteiger partial charge in [-0.05, 0) is 37.0 Å². The topological polar surface area (TPSA) is 26.3 Å². The highest BCUT2D eigenvalue weighted by molar-refractivity contribution is 9.10. The smallest absolute Gasteiger partial charge is 0.381 e. The number of rotatable bonds is 3. The number of benzene rings is 1. The van der Waals surface area contributed by atoms with Crippen molar-refractivity contribution < 1.29 is 22.7 Å². The van der Waals surface area contributed by atoms with Gasteiger partial charge in [0.1, 0.15) is 0 Å². The van der Waals surface area contributed by atoms with Gasteiger partial charge in [-0.3, -0.25) is 4.79 Å². The molecule has 0 aromatic heterocycles. The fraction of sp³-hybridized carbons (Fsp3) is 0.500. The van der Waals surface area contributed by atoms with Crippen molar-refractivity contribution in [2.45, 2.75) is 25.4 Å². The van der Waals surface area contributed by atoms with Crippen LogP contribution in [0, 0.1) is 5.92 Å². The maximum Gasteiger partial charge on any atom is 0.417 e. The number of Topliss-reactive ketones (excluding diaryl/α,β-unsaturated/α-hetero) is 1. The van der Waals surface area contributed by atoms with Crippen LogP contribution in [0.2, 0.25) is 0 Å². The number of alkyl halides is 3. The summed E-state index contributed by atoms with van der Waals surface area (Å²) in [6, 6.07) is 3.66. The summed E-state index contributed by atoms with van der Waals surface area (Å²) in [6.45, 7) is 1.15. The number of ether oxygens (including phenoxy) is 1. The normalized spacial score (nSPS) is 17.2. The molecule has 0 aliphatic carbocycles. The molecular formula is C14H14BrF3O2. The quantitative estimate of drug-likeness (QED) is 0.752. The molecule has 1 aliphatic heterocycles. The number of carbonyl (C=O) groups is 1. The van der Waals surface area contributed by atoms with Crippen LogP contribution in [0.3, 0.4) is 0 Å². The largest absolute Gasteiger partial charge is 0.417 e. The second-order valence-corrected chi connectivity index (χ2v) is 5.79. The van der Waals surface area contributed by atoms with Crippen molar-refractivity contribution in [3.05, 3.63) is 33.8 Å². The van der Waals surface area contributed by atoms with E-state index in [-0.39, 0.29) is 17.9 Å². The average molecular weight is 351 g/mol. The molecule has 0 radical (unpaired) electrons. The summed E-state index contributed by atoms with van der Waals surface area (Å²) in [5.74, 6) is -0.335. The maximum atomic E-state index is 13.0. The molecule has 110 valence electrons. The molecule has 1 saturated heterocycles. The molecule has 0 spiro atoms. The second-order valence-electron chi connectivity index (χ2n) is 4.87. The minimum absolute atomic E-state index is 0.112. The highest BCUT2D eigenvalue weighted by atomic mass is 79.9. The van der Waals surface area contributed by atoms with Crippen LogP contribution in [0.1, 0.15) is 35.2 Å². The Labute approximate surface area is 123 Å². The Morgan fingerprint density at radius 1 is 1.30 bits per heavy atom. The molecule has 0 atom stereocenters. The van der Waals surface area contributed by atoms with Crippen LogP contribution in [-0.2, 0) is 10.9 Å². The lowest BCUT2D eigenvalue weighted by Gasteiger charge is -2.22. The minimum Gasteiger partial charge on any atom is -0.381 e. The third-order valence-corrected chi connectivity index (χ3v) is 3.90. The van der Waals surface area contributed by atoms with Crippen LogP contribution < -0.4 is 0 Å². The zero-order chi connectivity index (χ0) is 14.8. The molecule has 1 heterocycles. The molecule has 0 amide bonds. The molecular weight excluding hydrogens is 337 g/mol. The Morgan fingerprint density at radius 3 is 2.55 bits per heavy atom. The predicted molar refractivity (Wildman–Crippen MR) is 71.6 cm³/mol. The van der Waals surface area contributed by atoms with Crippen molar-refractivity contribution in [1.29, 1.82) is 0 Å². The van der Waals surface area contributed by atoms with E-state index in [1.54, 1.807) is 0 Å². The number of hydrogen-bond donors (Lipinski definition) is 0. The molecule has 0 N–H and O–H groups in total. The van der Waals surface area contributed by atoms with Crippen molar-refractivity contribution in [3.8, 4) is 0 Å². The van der Waals surface area contributed by atoms with Gasteiger partial charge in [0, 0.05) is 29.7 Å². The summed E-state index contributed by atoms with van der Waals surface area (Å²) >= 11 is 3.01. The second kappa shape index (κ2) is 6.26. The summed E-state index contributed by atoms with van der Waals surface area (Å²) in [6.07, 6.45) is -2.92. The summed E-state index contributed by atoms with van der Waals surface area (Å²) in [7, 11) is 0. The van der Waals surface area contributed by atoms with Gasteiger partial charge in [0.25, 0.3) is 0 Å². The Hall–Kier alpha value is -0.880. The molecule has 0 unspecified atom stereocenters. The lowest BCUT2D eigenvalue weighted by Crippen LogP contribution is -2.20. The van der Waals surface area contributed by atoms with E-state index in [0.29, 0.717) is 17.7 Å². The molecule has 1 aliphatic rings. The number of halogens is 4. The molecule has 2 nitrogen and oxygen atoms in total. The number of ketones is 1. The first-order valence-corrected chi connectivity index (χ1v) is 7.15. The van der Waals surface area contributed by atoms with Gasteiger partial charge in [0.05, 0.1) is 5.56 Å². The van der Waals surface area contributed by atoms with Crippen LogP contribution in [-0.4, -0.2) is 19.0 Å². The third-order valence-electron chi connectivity index (χ3n) is 3.40. The van der Waals surface area contributed by atoms with Gasteiger partial charge in [-0.15, -0.1) is 0 Å². The van der Waals surface area contributed by atoms with E-state index in [9.17, 15) is 18.0 Å². The molecule has 6 heteroatoms. The maximum absolute atomic E-state index is 13.0. The summed E-state index contributed by atoms with van der Waals surface area (Å²) in [4.78, 5) is 12.1.